The Labute approximate surface area is 145 Å². The van der Waals surface area contributed by atoms with Crippen molar-refractivity contribution >= 4 is 16.1 Å². The lowest BCUT2D eigenvalue weighted by Crippen LogP contribution is -2.51. The molecule has 3 rings (SSSR count). The van der Waals surface area contributed by atoms with E-state index in [0.29, 0.717) is 12.3 Å². The summed E-state index contributed by atoms with van der Waals surface area (Å²) in [5, 5.41) is 5.04. The van der Waals surface area contributed by atoms with Crippen molar-refractivity contribution in [2.75, 3.05) is 13.1 Å². The molecule has 0 aromatic heterocycles. The molecule has 1 amide bonds. The highest BCUT2D eigenvalue weighted by molar-refractivity contribution is 7.87. The van der Waals surface area contributed by atoms with E-state index in [1.54, 1.807) is 0 Å². The average Bonchev–Trinajstić information content (AvgIpc) is 2.41. The number of nitrogens with zero attached hydrogens (tertiary/aromatic N) is 1. The molecule has 0 radical (unpaired) electrons. The first-order chi connectivity index (χ1) is 11.4. The van der Waals surface area contributed by atoms with Crippen molar-refractivity contribution in [2.24, 2.45) is 22.9 Å². The van der Waals surface area contributed by atoms with Gasteiger partial charge in [-0.15, -0.1) is 0 Å². The number of amides is 1. The highest BCUT2D eigenvalue weighted by Crippen LogP contribution is 2.46. The Morgan fingerprint density at radius 1 is 1.04 bits per heavy atom. The van der Waals surface area contributed by atoms with Crippen molar-refractivity contribution in [3.63, 3.8) is 0 Å². The Balaban J connectivity index is 1.59. The summed E-state index contributed by atoms with van der Waals surface area (Å²) in [5.41, 5.74) is 0. The van der Waals surface area contributed by atoms with Crippen LogP contribution in [0.15, 0.2) is 0 Å². The molecular weight excluding hydrogens is 326 g/mol. The minimum Gasteiger partial charge on any atom is -0.338 e. The molecule has 24 heavy (non-hydrogen) atoms. The minimum absolute atomic E-state index is 0.0481. The molecule has 1 atom stereocenters. The number of carbonyl (C=O) groups excluding carboxylic acids is 1. The summed E-state index contributed by atoms with van der Waals surface area (Å²) in [4.78, 5) is 14.9. The van der Waals surface area contributed by atoms with Crippen LogP contribution in [0.25, 0.3) is 0 Å². The zero-order chi connectivity index (χ0) is 17.2. The summed E-state index contributed by atoms with van der Waals surface area (Å²) >= 11 is 0. The standard InChI is InChI=1S/C17H31N3O3S/c18-24(22,23)19-12-15-9-1-2-10-20(15)17(21)11-16(13-5-3-6-13)14-7-4-8-14/h13-16,19H,1-12H2,(H2,18,22,23). The lowest BCUT2D eigenvalue weighted by atomic mass is 9.63. The molecule has 2 aliphatic carbocycles. The molecule has 0 bridgehead atoms. The SMILES string of the molecule is NS(=O)(=O)NCC1CCCCN1C(=O)CC(C1CCC1)C1CCC1. The smallest absolute Gasteiger partial charge is 0.274 e. The molecule has 6 nitrogen and oxygen atoms in total. The highest BCUT2D eigenvalue weighted by Gasteiger charge is 2.39. The van der Waals surface area contributed by atoms with Gasteiger partial charge in [0.15, 0.2) is 0 Å². The van der Waals surface area contributed by atoms with Gasteiger partial charge >= 0.3 is 0 Å². The number of rotatable bonds is 7. The predicted molar refractivity (Wildman–Crippen MR) is 93.3 cm³/mol. The van der Waals surface area contributed by atoms with Gasteiger partial charge in [-0.3, -0.25) is 4.79 Å². The van der Waals surface area contributed by atoms with Gasteiger partial charge in [0.1, 0.15) is 0 Å². The van der Waals surface area contributed by atoms with E-state index in [9.17, 15) is 13.2 Å². The first-order valence-corrected chi connectivity index (χ1v) is 11.1. The second kappa shape index (κ2) is 7.70. The number of nitrogens with one attached hydrogen (secondary N) is 1. The zero-order valence-corrected chi connectivity index (χ0v) is 15.3. The third-order valence-electron chi connectivity index (χ3n) is 6.39. The normalized spacial score (nSPS) is 26.2. The van der Waals surface area contributed by atoms with Crippen LogP contribution >= 0.6 is 0 Å². The third-order valence-corrected chi connectivity index (χ3v) is 6.96. The van der Waals surface area contributed by atoms with E-state index < -0.39 is 10.2 Å². The van der Waals surface area contributed by atoms with Gasteiger partial charge in [-0.2, -0.15) is 8.42 Å². The Morgan fingerprint density at radius 3 is 2.17 bits per heavy atom. The fraction of sp³-hybridized carbons (Fsp3) is 0.941. The van der Waals surface area contributed by atoms with E-state index in [1.165, 1.54) is 38.5 Å². The summed E-state index contributed by atoms with van der Waals surface area (Å²) in [7, 11) is -3.70. The quantitative estimate of drug-likeness (QED) is 0.727. The molecule has 7 heteroatoms. The molecule has 3 aliphatic rings. The molecule has 3 N–H and O–H groups in total. The van der Waals surface area contributed by atoms with E-state index in [1.807, 2.05) is 4.90 Å². The Kier molecular flexibility index (Phi) is 5.82. The van der Waals surface area contributed by atoms with Crippen molar-refractivity contribution in [1.29, 1.82) is 0 Å². The van der Waals surface area contributed by atoms with Crippen LogP contribution in [0.2, 0.25) is 0 Å². The number of hydrogen-bond donors (Lipinski definition) is 2. The molecule has 3 fully saturated rings. The van der Waals surface area contributed by atoms with E-state index in [-0.39, 0.29) is 18.5 Å². The maximum absolute atomic E-state index is 12.9. The molecule has 138 valence electrons. The molecular formula is C17H31N3O3S. The topological polar surface area (TPSA) is 92.5 Å². The van der Waals surface area contributed by atoms with Gasteiger partial charge < -0.3 is 4.90 Å². The van der Waals surface area contributed by atoms with Crippen LogP contribution in [-0.4, -0.2) is 38.4 Å². The fourth-order valence-electron chi connectivity index (χ4n) is 4.53. The van der Waals surface area contributed by atoms with Crippen LogP contribution in [0.3, 0.4) is 0 Å². The van der Waals surface area contributed by atoms with Crippen molar-refractivity contribution < 1.29 is 13.2 Å². The maximum Gasteiger partial charge on any atom is 0.274 e. The molecule has 1 aliphatic heterocycles. The number of nitrogens with two attached hydrogens (primary N) is 1. The summed E-state index contributed by atoms with van der Waals surface area (Å²) < 4.78 is 24.7. The van der Waals surface area contributed by atoms with Crippen LogP contribution in [0.4, 0.5) is 0 Å². The first-order valence-electron chi connectivity index (χ1n) is 9.51. The predicted octanol–water partition coefficient (Wildman–Crippen LogP) is 1.77. The summed E-state index contributed by atoms with van der Waals surface area (Å²) in [6.45, 7) is 0.986. The summed E-state index contributed by atoms with van der Waals surface area (Å²) in [6.07, 6.45) is 11.3. The van der Waals surface area contributed by atoms with Crippen LogP contribution in [0.5, 0.6) is 0 Å². The Morgan fingerprint density at radius 2 is 1.67 bits per heavy atom. The number of carbonyl (C=O) groups is 1. The first kappa shape index (κ1) is 18.1. The van der Waals surface area contributed by atoms with Gasteiger partial charge in [0.25, 0.3) is 10.2 Å². The fourth-order valence-corrected chi connectivity index (χ4v) is 4.95. The molecule has 0 aromatic carbocycles. The van der Waals surface area contributed by atoms with E-state index in [2.05, 4.69) is 4.72 Å². The van der Waals surface area contributed by atoms with E-state index in [4.69, 9.17) is 5.14 Å². The van der Waals surface area contributed by atoms with Gasteiger partial charge in [0.2, 0.25) is 5.91 Å². The van der Waals surface area contributed by atoms with Crippen LogP contribution < -0.4 is 9.86 Å². The number of hydrogen-bond acceptors (Lipinski definition) is 3. The van der Waals surface area contributed by atoms with Crippen LogP contribution in [0, 0.1) is 17.8 Å². The van der Waals surface area contributed by atoms with E-state index >= 15 is 0 Å². The highest BCUT2D eigenvalue weighted by atomic mass is 32.2. The molecule has 2 saturated carbocycles. The van der Waals surface area contributed by atoms with E-state index in [0.717, 1.165) is 37.6 Å². The Hall–Kier alpha value is -0.660. The lowest BCUT2D eigenvalue weighted by Gasteiger charge is -2.44. The van der Waals surface area contributed by atoms with Crippen molar-refractivity contribution in [1.82, 2.24) is 9.62 Å². The second-order valence-corrected chi connectivity index (χ2v) is 9.26. The van der Waals surface area contributed by atoms with Crippen molar-refractivity contribution in [2.45, 2.75) is 70.3 Å². The van der Waals surface area contributed by atoms with Gasteiger partial charge in [-0.25, -0.2) is 9.86 Å². The van der Waals surface area contributed by atoms with Crippen LogP contribution in [0.1, 0.15) is 64.2 Å². The van der Waals surface area contributed by atoms with Crippen molar-refractivity contribution in [3.8, 4) is 0 Å². The third kappa shape index (κ3) is 4.49. The minimum atomic E-state index is -3.70. The molecule has 0 spiro atoms. The maximum atomic E-state index is 12.9. The summed E-state index contributed by atoms with van der Waals surface area (Å²) in [5.74, 6) is 2.25. The Bertz CT molecular complexity index is 529. The molecule has 1 heterocycles. The lowest BCUT2D eigenvalue weighted by molar-refractivity contribution is -0.137. The monoisotopic (exact) mass is 357 g/mol. The average molecular weight is 358 g/mol. The van der Waals surface area contributed by atoms with Crippen LogP contribution in [-0.2, 0) is 15.0 Å². The van der Waals surface area contributed by atoms with Gasteiger partial charge in [0, 0.05) is 25.6 Å². The zero-order valence-electron chi connectivity index (χ0n) is 14.5. The molecule has 1 unspecified atom stereocenters. The summed E-state index contributed by atoms with van der Waals surface area (Å²) in [6, 6.07) is -0.0481. The number of likely N-dealkylation sites (tertiary alicyclic amines) is 1. The van der Waals surface area contributed by atoms with Gasteiger partial charge in [0.05, 0.1) is 0 Å². The van der Waals surface area contributed by atoms with Gasteiger partial charge in [-0.1, -0.05) is 38.5 Å². The molecule has 1 saturated heterocycles. The van der Waals surface area contributed by atoms with Crippen molar-refractivity contribution in [3.05, 3.63) is 0 Å². The number of piperidine rings is 1. The molecule has 0 aromatic rings. The largest absolute Gasteiger partial charge is 0.338 e. The second-order valence-electron chi connectivity index (χ2n) is 7.88. The van der Waals surface area contributed by atoms with Gasteiger partial charge in [-0.05, 0) is 37.0 Å².